The molecule has 2 aromatic carbocycles. The summed E-state index contributed by atoms with van der Waals surface area (Å²) in [5.41, 5.74) is 4.44. The van der Waals surface area contributed by atoms with E-state index in [2.05, 4.69) is 37.4 Å². The summed E-state index contributed by atoms with van der Waals surface area (Å²) < 4.78 is 13.6. The Morgan fingerprint density at radius 2 is 1.42 bits per heavy atom. The summed E-state index contributed by atoms with van der Waals surface area (Å²) in [7, 11) is 0. The van der Waals surface area contributed by atoms with Gasteiger partial charge in [-0.05, 0) is 30.0 Å². The molecule has 0 saturated heterocycles. The van der Waals surface area contributed by atoms with E-state index >= 15 is 0 Å². The number of rotatable bonds is 5. The molecule has 0 radical (unpaired) electrons. The number of halogens is 1. The molecule has 1 nitrogen and oxygen atoms in total. The van der Waals surface area contributed by atoms with E-state index in [9.17, 15) is 4.39 Å². The number of nitrogens with one attached hydrogen (secondary N) is 1. The van der Waals surface area contributed by atoms with Gasteiger partial charge >= 0.3 is 0 Å². The van der Waals surface area contributed by atoms with Crippen LogP contribution >= 0.6 is 0 Å². The van der Waals surface area contributed by atoms with Crippen LogP contribution in [0.2, 0.25) is 0 Å². The van der Waals surface area contributed by atoms with Gasteiger partial charge in [-0.2, -0.15) is 0 Å². The Hall–Kier alpha value is -1.83. The first-order valence-corrected chi connectivity index (χ1v) is 6.84. The van der Waals surface area contributed by atoms with Crippen molar-refractivity contribution in [1.29, 1.82) is 0 Å². The van der Waals surface area contributed by atoms with Crippen LogP contribution in [0.3, 0.4) is 0 Å². The zero-order chi connectivity index (χ0) is 13.7. The van der Waals surface area contributed by atoms with Crippen LogP contribution in [-0.2, 0) is 19.4 Å². The number of anilines is 1. The normalized spacial score (nSPS) is 10.5. The van der Waals surface area contributed by atoms with E-state index in [4.69, 9.17) is 0 Å². The molecule has 0 aromatic heterocycles. The lowest BCUT2D eigenvalue weighted by atomic mass is 10.0. The molecule has 0 aliphatic heterocycles. The Balaban J connectivity index is 2.21. The lowest BCUT2D eigenvalue weighted by Gasteiger charge is -2.15. The van der Waals surface area contributed by atoms with Gasteiger partial charge in [0.05, 0.1) is 0 Å². The lowest BCUT2D eigenvalue weighted by molar-refractivity contribution is 0.613. The molecule has 0 fully saturated rings. The SMILES string of the molecule is CCc1cccc(CC)c1NCc1ccccc1F. The largest absolute Gasteiger partial charge is 0.380 e. The minimum absolute atomic E-state index is 0.151. The smallest absolute Gasteiger partial charge is 0.128 e. The number of benzene rings is 2. The lowest BCUT2D eigenvalue weighted by Crippen LogP contribution is -2.06. The molecule has 0 amide bonds. The summed E-state index contributed by atoms with van der Waals surface area (Å²) in [5, 5.41) is 3.40. The fourth-order valence-electron chi connectivity index (χ4n) is 2.30. The molecule has 2 heteroatoms. The van der Waals surface area contributed by atoms with Gasteiger partial charge in [-0.1, -0.05) is 50.2 Å². The van der Waals surface area contributed by atoms with Crippen molar-refractivity contribution in [3.8, 4) is 0 Å². The highest BCUT2D eigenvalue weighted by atomic mass is 19.1. The van der Waals surface area contributed by atoms with Gasteiger partial charge < -0.3 is 5.32 Å². The van der Waals surface area contributed by atoms with Crippen LogP contribution in [0.1, 0.15) is 30.5 Å². The van der Waals surface area contributed by atoms with E-state index in [-0.39, 0.29) is 5.82 Å². The Bertz CT molecular complexity index is 526. The molecule has 2 rings (SSSR count). The highest BCUT2D eigenvalue weighted by molar-refractivity contribution is 5.58. The molecule has 19 heavy (non-hydrogen) atoms. The summed E-state index contributed by atoms with van der Waals surface area (Å²) in [5.74, 6) is -0.151. The Morgan fingerprint density at radius 3 is 2.00 bits per heavy atom. The van der Waals surface area contributed by atoms with Gasteiger partial charge in [0.15, 0.2) is 0 Å². The molecule has 0 bridgehead atoms. The third-order valence-corrected chi connectivity index (χ3v) is 3.41. The molecule has 0 heterocycles. The minimum Gasteiger partial charge on any atom is -0.380 e. The molecule has 1 N–H and O–H groups in total. The minimum atomic E-state index is -0.151. The Kier molecular flexibility index (Phi) is 4.56. The summed E-state index contributed by atoms with van der Waals surface area (Å²) in [6.07, 6.45) is 1.96. The van der Waals surface area contributed by atoms with Crippen LogP contribution in [0.25, 0.3) is 0 Å². The average Bonchev–Trinajstić information content (AvgIpc) is 2.46. The quantitative estimate of drug-likeness (QED) is 0.827. The first kappa shape index (κ1) is 13.6. The molecule has 0 atom stereocenters. The fraction of sp³-hybridized carbons (Fsp3) is 0.294. The van der Waals surface area contributed by atoms with Crippen molar-refractivity contribution in [2.45, 2.75) is 33.2 Å². The third kappa shape index (κ3) is 3.14. The van der Waals surface area contributed by atoms with Gasteiger partial charge in [0.2, 0.25) is 0 Å². The van der Waals surface area contributed by atoms with Gasteiger partial charge in [-0.15, -0.1) is 0 Å². The second-order valence-electron chi connectivity index (χ2n) is 4.60. The zero-order valence-electron chi connectivity index (χ0n) is 11.5. The highest BCUT2D eigenvalue weighted by Gasteiger charge is 2.07. The maximum absolute atomic E-state index is 13.6. The molecule has 2 aromatic rings. The topological polar surface area (TPSA) is 12.0 Å². The average molecular weight is 257 g/mol. The van der Waals surface area contributed by atoms with E-state index in [1.165, 1.54) is 17.2 Å². The van der Waals surface area contributed by atoms with Crippen LogP contribution in [-0.4, -0.2) is 0 Å². The highest BCUT2D eigenvalue weighted by Crippen LogP contribution is 2.23. The van der Waals surface area contributed by atoms with Gasteiger partial charge in [-0.25, -0.2) is 4.39 Å². The van der Waals surface area contributed by atoms with Crippen LogP contribution in [0.15, 0.2) is 42.5 Å². The van der Waals surface area contributed by atoms with Gasteiger partial charge in [0, 0.05) is 17.8 Å². The van der Waals surface area contributed by atoms with Crippen LogP contribution in [0, 0.1) is 5.82 Å². The van der Waals surface area contributed by atoms with Crippen molar-refractivity contribution < 1.29 is 4.39 Å². The van der Waals surface area contributed by atoms with E-state index < -0.39 is 0 Å². The molecule has 0 aliphatic rings. The van der Waals surface area contributed by atoms with Crippen molar-refractivity contribution >= 4 is 5.69 Å². The predicted octanol–water partition coefficient (Wildman–Crippen LogP) is 4.56. The second-order valence-corrected chi connectivity index (χ2v) is 4.60. The van der Waals surface area contributed by atoms with E-state index in [1.54, 1.807) is 6.07 Å². The van der Waals surface area contributed by atoms with E-state index in [0.717, 1.165) is 18.5 Å². The molecular formula is C17H20FN. The fourth-order valence-corrected chi connectivity index (χ4v) is 2.30. The molecule has 0 saturated carbocycles. The van der Waals surface area contributed by atoms with Gasteiger partial charge in [0.1, 0.15) is 5.82 Å². The Morgan fingerprint density at radius 1 is 0.842 bits per heavy atom. The Labute approximate surface area is 114 Å². The second kappa shape index (κ2) is 6.37. The summed E-state index contributed by atoms with van der Waals surface area (Å²) in [6.45, 7) is 4.81. The first-order chi connectivity index (χ1) is 9.26. The van der Waals surface area contributed by atoms with Crippen LogP contribution < -0.4 is 5.32 Å². The number of hydrogen-bond donors (Lipinski definition) is 1. The molecular weight excluding hydrogens is 237 g/mol. The van der Waals surface area contributed by atoms with Crippen molar-refractivity contribution in [3.05, 3.63) is 65.0 Å². The van der Waals surface area contributed by atoms with Crippen molar-refractivity contribution in [3.63, 3.8) is 0 Å². The van der Waals surface area contributed by atoms with Crippen molar-refractivity contribution in [2.24, 2.45) is 0 Å². The standard InChI is InChI=1S/C17H20FN/c1-3-13-9-7-10-14(4-2)17(13)19-12-15-8-5-6-11-16(15)18/h5-11,19H,3-4,12H2,1-2H3. The maximum Gasteiger partial charge on any atom is 0.128 e. The summed E-state index contributed by atoms with van der Waals surface area (Å²) in [4.78, 5) is 0. The van der Waals surface area contributed by atoms with Crippen LogP contribution in [0.5, 0.6) is 0 Å². The van der Waals surface area contributed by atoms with E-state index in [0.29, 0.717) is 12.1 Å². The van der Waals surface area contributed by atoms with Gasteiger partial charge in [0.25, 0.3) is 0 Å². The number of hydrogen-bond acceptors (Lipinski definition) is 1. The zero-order valence-corrected chi connectivity index (χ0v) is 11.5. The van der Waals surface area contributed by atoms with Gasteiger partial charge in [-0.3, -0.25) is 0 Å². The maximum atomic E-state index is 13.6. The third-order valence-electron chi connectivity index (χ3n) is 3.41. The summed E-state index contributed by atoms with van der Waals surface area (Å²) >= 11 is 0. The first-order valence-electron chi connectivity index (χ1n) is 6.84. The molecule has 100 valence electrons. The molecule has 0 spiro atoms. The van der Waals surface area contributed by atoms with Crippen molar-refractivity contribution in [1.82, 2.24) is 0 Å². The predicted molar refractivity (Wildman–Crippen MR) is 78.9 cm³/mol. The monoisotopic (exact) mass is 257 g/mol. The molecule has 0 aliphatic carbocycles. The van der Waals surface area contributed by atoms with Crippen molar-refractivity contribution in [2.75, 3.05) is 5.32 Å². The molecule has 0 unspecified atom stereocenters. The van der Waals surface area contributed by atoms with Crippen LogP contribution in [0.4, 0.5) is 10.1 Å². The number of para-hydroxylation sites is 1. The number of aryl methyl sites for hydroxylation is 2. The van der Waals surface area contributed by atoms with E-state index in [1.807, 2.05) is 12.1 Å². The summed E-state index contributed by atoms with van der Waals surface area (Å²) in [6, 6.07) is 13.3.